The second-order valence-corrected chi connectivity index (χ2v) is 7.80. The Bertz CT molecular complexity index is 1130. The summed E-state index contributed by atoms with van der Waals surface area (Å²) in [5, 5.41) is 4.61. The lowest BCUT2D eigenvalue weighted by Crippen LogP contribution is -2.15. The zero-order chi connectivity index (χ0) is 23.3. The van der Waals surface area contributed by atoms with Crippen molar-refractivity contribution in [2.24, 2.45) is 0 Å². The molecule has 1 heterocycles. The Hall–Kier alpha value is -3.08. The molecule has 0 spiro atoms. The van der Waals surface area contributed by atoms with Gasteiger partial charge in [0, 0.05) is 5.56 Å². The highest BCUT2D eigenvalue weighted by molar-refractivity contribution is 14.1. The quantitative estimate of drug-likeness (QED) is 0.301. The third-order valence-corrected chi connectivity index (χ3v) is 5.41. The number of esters is 2. The van der Waals surface area contributed by atoms with Gasteiger partial charge >= 0.3 is 11.9 Å². The summed E-state index contributed by atoms with van der Waals surface area (Å²) in [5.74, 6) is -0.320. The number of carbonyl (C=O) groups excluding carboxylic acids is 2. The lowest BCUT2D eigenvalue weighted by molar-refractivity contribution is 0.0549. The molecule has 0 N–H and O–H groups in total. The molecule has 2 aromatic carbocycles. The van der Waals surface area contributed by atoms with E-state index < -0.39 is 11.9 Å². The van der Waals surface area contributed by atoms with Gasteiger partial charge in [0.1, 0.15) is 11.3 Å². The monoisotopic (exact) mass is 550 g/mol. The molecule has 0 fully saturated rings. The summed E-state index contributed by atoms with van der Waals surface area (Å²) in [6, 6.07) is 12.5. The van der Waals surface area contributed by atoms with Gasteiger partial charge in [0.15, 0.2) is 17.2 Å². The minimum Gasteiger partial charge on any atom is -0.493 e. The average Bonchev–Trinajstić information content (AvgIpc) is 3.23. The van der Waals surface area contributed by atoms with E-state index in [4.69, 9.17) is 18.9 Å². The topological polar surface area (TPSA) is 88.9 Å². The van der Waals surface area contributed by atoms with Gasteiger partial charge in [-0.05, 0) is 53.3 Å². The van der Waals surface area contributed by atoms with Crippen LogP contribution < -0.4 is 9.47 Å². The van der Waals surface area contributed by atoms with Gasteiger partial charge < -0.3 is 18.9 Å². The first-order valence-electron chi connectivity index (χ1n) is 9.82. The van der Waals surface area contributed by atoms with Gasteiger partial charge in [-0.15, -0.1) is 0 Å². The molecule has 1 aromatic heterocycles. The summed E-state index contributed by atoms with van der Waals surface area (Å²) >= 11 is 2.14. The van der Waals surface area contributed by atoms with E-state index in [9.17, 15) is 9.59 Å². The molecule has 3 rings (SSSR count). The van der Waals surface area contributed by atoms with E-state index >= 15 is 0 Å². The molecule has 168 valence electrons. The number of rotatable bonds is 8. The fourth-order valence-corrected chi connectivity index (χ4v) is 3.91. The second kappa shape index (κ2) is 10.5. The number of aromatic nitrogens is 2. The summed E-state index contributed by atoms with van der Waals surface area (Å²) in [7, 11) is 4.04. The lowest BCUT2D eigenvalue weighted by Gasteiger charge is -2.14. The number of para-hydroxylation sites is 1. The smallest absolute Gasteiger partial charge is 0.357 e. The molecule has 0 aliphatic heterocycles. The van der Waals surface area contributed by atoms with Crippen LogP contribution in [0.1, 0.15) is 34.2 Å². The third-order valence-electron chi connectivity index (χ3n) is 4.61. The molecule has 0 unspecified atom stereocenters. The predicted octanol–water partition coefficient (Wildman–Crippen LogP) is 4.51. The van der Waals surface area contributed by atoms with Gasteiger partial charge in [-0.3, -0.25) is 0 Å². The van der Waals surface area contributed by atoms with E-state index in [1.807, 2.05) is 19.1 Å². The van der Waals surface area contributed by atoms with Crippen molar-refractivity contribution in [1.29, 1.82) is 0 Å². The first kappa shape index (κ1) is 23.6. The van der Waals surface area contributed by atoms with Crippen molar-refractivity contribution in [3.63, 3.8) is 0 Å². The van der Waals surface area contributed by atoms with E-state index in [0.29, 0.717) is 29.4 Å². The van der Waals surface area contributed by atoms with Crippen molar-refractivity contribution in [3.05, 3.63) is 57.3 Å². The van der Waals surface area contributed by atoms with Crippen LogP contribution in [0.4, 0.5) is 0 Å². The Morgan fingerprint density at radius 2 is 1.72 bits per heavy atom. The van der Waals surface area contributed by atoms with Crippen molar-refractivity contribution >= 4 is 34.5 Å². The van der Waals surface area contributed by atoms with Crippen LogP contribution in [0.2, 0.25) is 0 Å². The fourth-order valence-electron chi connectivity index (χ4n) is 3.16. The molecule has 8 nitrogen and oxygen atoms in total. The summed E-state index contributed by atoms with van der Waals surface area (Å²) < 4.78 is 23.5. The zero-order valence-corrected chi connectivity index (χ0v) is 20.3. The van der Waals surface area contributed by atoms with E-state index in [-0.39, 0.29) is 17.0 Å². The fraction of sp³-hybridized carbons (Fsp3) is 0.261. The average molecular weight is 550 g/mol. The van der Waals surface area contributed by atoms with Gasteiger partial charge in [-0.1, -0.05) is 25.1 Å². The van der Waals surface area contributed by atoms with Crippen molar-refractivity contribution < 1.29 is 28.5 Å². The Labute approximate surface area is 199 Å². The molecule has 0 radical (unpaired) electrons. The number of halogens is 1. The van der Waals surface area contributed by atoms with E-state index in [1.165, 1.54) is 26.0 Å². The first-order chi connectivity index (χ1) is 15.5. The summed E-state index contributed by atoms with van der Waals surface area (Å²) in [6.45, 7) is 2.55. The maximum atomic E-state index is 12.8. The van der Waals surface area contributed by atoms with Gasteiger partial charge in [-0.2, -0.15) is 5.10 Å². The van der Waals surface area contributed by atoms with E-state index in [1.54, 1.807) is 30.3 Å². The number of hydrogen-bond donors (Lipinski definition) is 0. The number of benzene rings is 2. The van der Waals surface area contributed by atoms with E-state index in [0.717, 1.165) is 9.99 Å². The Morgan fingerprint density at radius 3 is 2.31 bits per heavy atom. The third kappa shape index (κ3) is 4.57. The van der Waals surface area contributed by atoms with Crippen molar-refractivity contribution in [2.75, 3.05) is 27.9 Å². The maximum absolute atomic E-state index is 12.8. The molecule has 0 saturated heterocycles. The van der Waals surface area contributed by atoms with Crippen LogP contribution in [0, 0.1) is 3.57 Å². The Kier molecular flexibility index (Phi) is 7.73. The van der Waals surface area contributed by atoms with Crippen molar-refractivity contribution in [2.45, 2.75) is 13.3 Å². The van der Waals surface area contributed by atoms with Gasteiger partial charge in [0.2, 0.25) is 0 Å². The van der Waals surface area contributed by atoms with Crippen LogP contribution in [0.15, 0.2) is 42.5 Å². The number of hydrogen-bond acceptors (Lipinski definition) is 7. The number of ether oxygens (including phenoxy) is 4. The molecule has 9 heteroatoms. The molecular weight excluding hydrogens is 527 g/mol. The second-order valence-electron chi connectivity index (χ2n) is 6.64. The predicted molar refractivity (Wildman–Crippen MR) is 127 cm³/mol. The van der Waals surface area contributed by atoms with Crippen molar-refractivity contribution in [3.8, 4) is 28.4 Å². The SMILES string of the molecule is CCCOc1c(I)cc(-c2nn(-c3ccccc3)c(C(=O)OC)c2C(=O)OC)cc1OC. The molecule has 0 bridgehead atoms. The van der Waals surface area contributed by atoms with Crippen LogP contribution in [0.25, 0.3) is 16.9 Å². The molecule has 32 heavy (non-hydrogen) atoms. The summed E-state index contributed by atoms with van der Waals surface area (Å²) in [6.07, 6.45) is 0.845. The number of carbonyl (C=O) groups is 2. The normalized spacial score (nSPS) is 10.5. The largest absolute Gasteiger partial charge is 0.493 e. The molecule has 0 atom stereocenters. The molecule has 0 aliphatic rings. The highest BCUT2D eigenvalue weighted by Gasteiger charge is 2.32. The summed E-state index contributed by atoms with van der Waals surface area (Å²) in [4.78, 5) is 25.5. The highest BCUT2D eigenvalue weighted by Crippen LogP contribution is 2.39. The highest BCUT2D eigenvalue weighted by atomic mass is 127. The van der Waals surface area contributed by atoms with Gasteiger partial charge in [-0.25, -0.2) is 14.3 Å². The molecule has 0 amide bonds. The Morgan fingerprint density at radius 1 is 1.03 bits per heavy atom. The first-order valence-corrected chi connectivity index (χ1v) is 10.9. The molecule has 0 aliphatic carbocycles. The van der Waals surface area contributed by atoms with Crippen LogP contribution in [-0.2, 0) is 9.47 Å². The molecule has 0 saturated carbocycles. The minimum absolute atomic E-state index is 0.00304. The van der Waals surface area contributed by atoms with Crippen LogP contribution in [0.5, 0.6) is 11.5 Å². The molecular formula is C23H23IN2O6. The minimum atomic E-state index is -0.711. The van der Waals surface area contributed by atoms with Crippen molar-refractivity contribution in [1.82, 2.24) is 9.78 Å². The summed E-state index contributed by atoms with van der Waals surface area (Å²) in [5.41, 5.74) is 1.40. The number of methoxy groups -OCH3 is 3. The lowest BCUT2D eigenvalue weighted by atomic mass is 10.0. The maximum Gasteiger partial charge on any atom is 0.357 e. The van der Waals surface area contributed by atoms with Crippen LogP contribution >= 0.6 is 22.6 Å². The number of nitrogens with zero attached hydrogens (tertiary/aromatic N) is 2. The van der Waals surface area contributed by atoms with Crippen LogP contribution in [-0.4, -0.2) is 49.7 Å². The van der Waals surface area contributed by atoms with Gasteiger partial charge in [0.25, 0.3) is 0 Å². The Balaban J connectivity index is 2.31. The standard InChI is InChI=1S/C23H23IN2O6/c1-5-11-32-21-16(24)12-14(13-17(21)29-2)19-18(22(27)30-3)20(23(28)31-4)26(25-19)15-9-7-6-8-10-15/h6-10,12-13H,5,11H2,1-4H3. The zero-order valence-electron chi connectivity index (χ0n) is 18.2. The van der Waals surface area contributed by atoms with Gasteiger partial charge in [0.05, 0.1) is 37.2 Å². The van der Waals surface area contributed by atoms with Crippen LogP contribution in [0.3, 0.4) is 0 Å². The van der Waals surface area contributed by atoms with E-state index in [2.05, 4.69) is 27.7 Å². The molecule has 3 aromatic rings.